The Hall–Kier alpha value is -1.75. The maximum absolute atomic E-state index is 13.0. The predicted molar refractivity (Wildman–Crippen MR) is 231 cm³/mol. The summed E-state index contributed by atoms with van der Waals surface area (Å²) in [6, 6.07) is 0. The molecule has 0 aliphatic rings. The highest BCUT2D eigenvalue weighted by Gasteiger charge is 2.30. The van der Waals surface area contributed by atoms with Crippen molar-refractivity contribution in [3.05, 3.63) is 0 Å². The third kappa shape index (κ3) is 29.5. The van der Waals surface area contributed by atoms with E-state index < -0.39 is 0 Å². The summed E-state index contributed by atoms with van der Waals surface area (Å²) in [7, 11) is 0. The van der Waals surface area contributed by atoms with Gasteiger partial charge < -0.3 is 36.8 Å². The molecule has 320 valence electrons. The van der Waals surface area contributed by atoms with Gasteiger partial charge in [-0.3, -0.25) is 14.4 Å². The van der Waals surface area contributed by atoms with E-state index in [0.29, 0.717) is 58.5 Å². The van der Waals surface area contributed by atoms with Gasteiger partial charge in [-0.05, 0) is 58.2 Å². The van der Waals surface area contributed by atoms with Crippen LogP contribution in [0.25, 0.3) is 0 Å². The van der Waals surface area contributed by atoms with Crippen LogP contribution in [0.1, 0.15) is 155 Å². The number of hydrogen-bond acceptors (Lipinski definition) is 7. The minimum atomic E-state index is 0.0285. The van der Waals surface area contributed by atoms with Gasteiger partial charge in [-0.2, -0.15) is 0 Å². The topological polar surface area (TPSA) is 127 Å². The number of nitrogens with zero attached hydrogens (tertiary/aromatic N) is 1. The Kier molecular flexibility index (Phi) is 24.0. The van der Waals surface area contributed by atoms with E-state index in [0.717, 1.165) is 71.4 Å². The van der Waals surface area contributed by atoms with Crippen LogP contribution in [-0.2, 0) is 14.4 Å². The molecule has 0 rings (SSSR count). The van der Waals surface area contributed by atoms with E-state index in [1.54, 1.807) is 0 Å². The summed E-state index contributed by atoms with van der Waals surface area (Å²) in [5.74, 6) is 0.243. The number of amides is 3. The van der Waals surface area contributed by atoms with Gasteiger partial charge in [0.05, 0.1) is 0 Å². The highest BCUT2D eigenvalue weighted by molar-refractivity contribution is 5.77. The van der Waals surface area contributed by atoms with E-state index in [2.05, 4.69) is 141 Å². The zero-order valence-corrected chi connectivity index (χ0v) is 38.3. The Morgan fingerprint density at radius 3 is 1.28 bits per heavy atom. The Labute approximate surface area is 334 Å². The molecule has 1 unspecified atom stereocenters. The van der Waals surface area contributed by atoms with Crippen molar-refractivity contribution in [2.75, 3.05) is 78.5 Å². The first-order valence-electron chi connectivity index (χ1n) is 21.4. The molecule has 0 aromatic rings. The summed E-state index contributed by atoms with van der Waals surface area (Å²) in [5.41, 5.74) is 0.867. The molecule has 10 nitrogen and oxygen atoms in total. The predicted octanol–water partition coefficient (Wildman–Crippen LogP) is 6.74. The second-order valence-electron chi connectivity index (χ2n) is 21.3. The molecule has 0 saturated heterocycles. The molecule has 6 N–H and O–H groups in total. The molecule has 54 heavy (non-hydrogen) atoms. The average molecular weight is 766 g/mol. The molecule has 0 aliphatic carbocycles. The maximum Gasteiger partial charge on any atom is 0.221 e. The van der Waals surface area contributed by atoms with Gasteiger partial charge in [-0.15, -0.1) is 0 Å². The highest BCUT2D eigenvalue weighted by Crippen LogP contribution is 2.36. The van der Waals surface area contributed by atoms with Crippen LogP contribution in [-0.4, -0.2) is 101 Å². The van der Waals surface area contributed by atoms with Crippen LogP contribution in [0.5, 0.6) is 0 Å². The zero-order valence-electron chi connectivity index (χ0n) is 38.3. The van der Waals surface area contributed by atoms with Gasteiger partial charge in [0.15, 0.2) is 0 Å². The van der Waals surface area contributed by atoms with E-state index in [-0.39, 0.29) is 50.2 Å². The van der Waals surface area contributed by atoms with Crippen molar-refractivity contribution in [2.24, 2.45) is 32.5 Å². The molecular weight excluding hydrogens is 675 g/mol. The summed E-state index contributed by atoms with van der Waals surface area (Å²) in [6.45, 7) is 42.5. The molecule has 0 spiro atoms. The summed E-state index contributed by atoms with van der Waals surface area (Å²) < 4.78 is 0. The standard InChI is InChI=1S/C44H91N7O3/c1-16-41(9,10)32-43(13,14)34-49-37(53)19-27-51(28-20-38(54)50-35-44(15,17-2)31-40(6,7)8)29-26-47-25-24-46-23-22-45-21-18-36(52)48-33-42(11,12)30-39(3,4)5/h45-47H,16-35H2,1-15H3,(H,48,52)(H,49,53)(H,50,54). The first-order chi connectivity index (χ1) is 24.7. The SMILES string of the molecule is CCC(C)(C)CC(C)(C)CNC(=O)CCN(CCNCCNCCNCCC(=O)NCC(C)(C)CC(C)(C)C)CCC(=O)NCC(C)(CC)CC(C)(C)C. The van der Waals surface area contributed by atoms with Gasteiger partial charge in [-0.1, -0.05) is 110 Å². The Morgan fingerprint density at radius 2 is 0.833 bits per heavy atom. The first kappa shape index (κ1) is 52.2. The van der Waals surface area contributed by atoms with Gasteiger partial charge >= 0.3 is 0 Å². The van der Waals surface area contributed by atoms with E-state index in [9.17, 15) is 14.4 Å². The van der Waals surface area contributed by atoms with E-state index in [1.807, 2.05) is 0 Å². The van der Waals surface area contributed by atoms with E-state index >= 15 is 0 Å². The fourth-order valence-electron chi connectivity index (χ4n) is 7.85. The minimum absolute atomic E-state index is 0.0285. The largest absolute Gasteiger partial charge is 0.356 e. The Balaban J connectivity index is 4.69. The lowest BCUT2D eigenvalue weighted by molar-refractivity contribution is -0.123. The molecule has 0 saturated carbocycles. The molecule has 0 heterocycles. The van der Waals surface area contributed by atoms with Crippen LogP contribution in [0, 0.1) is 32.5 Å². The molecular formula is C44H91N7O3. The second-order valence-corrected chi connectivity index (χ2v) is 21.3. The zero-order chi connectivity index (χ0) is 41.7. The lowest BCUT2D eigenvalue weighted by Gasteiger charge is -2.35. The normalized spacial score (nSPS) is 14.2. The fraction of sp³-hybridized carbons (Fsp3) is 0.932. The van der Waals surface area contributed by atoms with Crippen LogP contribution in [0.2, 0.25) is 0 Å². The van der Waals surface area contributed by atoms with Crippen molar-refractivity contribution in [3.8, 4) is 0 Å². The van der Waals surface area contributed by atoms with Crippen LogP contribution < -0.4 is 31.9 Å². The van der Waals surface area contributed by atoms with Crippen molar-refractivity contribution >= 4 is 17.7 Å². The molecule has 0 aromatic carbocycles. The molecule has 0 aliphatic heterocycles. The van der Waals surface area contributed by atoms with Crippen LogP contribution in [0.3, 0.4) is 0 Å². The fourth-order valence-corrected chi connectivity index (χ4v) is 7.85. The van der Waals surface area contributed by atoms with Gasteiger partial charge in [0.1, 0.15) is 0 Å². The monoisotopic (exact) mass is 766 g/mol. The van der Waals surface area contributed by atoms with E-state index in [1.165, 1.54) is 0 Å². The molecule has 1 atom stereocenters. The Bertz CT molecular complexity index is 1060. The van der Waals surface area contributed by atoms with Crippen molar-refractivity contribution in [3.63, 3.8) is 0 Å². The number of nitrogens with one attached hydrogen (secondary N) is 6. The van der Waals surface area contributed by atoms with Crippen molar-refractivity contribution in [2.45, 2.75) is 155 Å². The number of hydrogen-bond donors (Lipinski definition) is 6. The molecule has 10 heteroatoms. The lowest BCUT2D eigenvalue weighted by Crippen LogP contribution is -2.42. The Morgan fingerprint density at radius 1 is 0.426 bits per heavy atom. The van der Waals surface area contributed by atoms with Crippen LogP contribution in [0.15, 0.2) is 0 Å². The number of carbonyl (C=O) groups is 3. The summed E-state index contributed by atoms with van der Waals surface area (Å²) in [6.07, 6.45) is 6.61. The molecule has 3 amide bonds. The number of carbonyl (C=O) groups excluding carboxylic acids is 3. The summed E-state index contributed by atoms with van der Waals surface area (Å²) in [5, 5.41) is 19.8. The van der Waals surface area contributed by atoms with Crippen molar-refractivity contribution in [1.29, 1.82) is 0 Å². The first-order valence-corrected chi connectivity index (χ1v) is 21.4. The molecule has 0 radical (unpaired) electrons. The van der Waals surface area contributed by atoms with E-state index in [4.69, 9.17) is 0 Å². The number of rotatable bonds is 30. The maximum atomic E-state index is 13.0. The quantitative estimate of drug-likeness (QED) is 0.0448. The smallest absolute Gasteiger partial charge is 0.221 e. The second kappa shape index (κ2) is 24.8. The minimum Gasteiger partial charge on any atom is -0.356 e. The highest BCUT2D eigenvalue weighted by atomic mass is 16.2. The van der Waals surface area contributed by atoms with Crippen molar-refractivity contribution < 1.29 is 14.4 Å². The molecule has 0 aromatic heterocycles. The third-order valence-electron chi connectivity index (χ3n) is 10.4. The summed E-state index contributed by atoms with van der Waals surface area (Å²) in [4.78, 5) is 40.5. The molecule has 0 fully saturated rings. The van der Waals surface area contributed by atoms with Gasteiger partial charge in [0.25, 0.3) is 0 Å². The van der Waals surface area contributed by atoms with Gasteiger partial charge in [0, 0.05) is 97.8 Å². The van der Waals surface area contributed by atoms with Gasteiger partial charge in [-0.25, -0.2) is 0 Å². The van der Waals surface area contributed by atoms with Crippen LogP contribution in [0.4, 0.5) is 0 Å². The average Bonchev–Trinajstić information content (AvgIpc) is 3.03. The van der Waals surface area contributed by atoms with Gasteiger partial charge in [0.2, 0.25) is 17.7 Å². The third-order valence-corrected chi connectivity index (χ3v) is 10.4. The lowest BCUT2D eigenvalue weighted by atomic mass is 9.73. The van der Waals surface area contributed by atoms with Crippen molar-refractivity contribution in [1.82, 2.24) is 36.8 Å². The summed E-state index contributed by atoms with van der Waals surface area (Å²) >= 11 is 0. The van der Waals surface area contributed by atoms with Crippen LogP contribution >= 0.6 is 0 Å². The molecule has 0 bridgehead atoms.